The molecule has 0 radical (unpaired) electrons. The standard InChI is InChI=1S/C20H24FN3O3.ClH/c21-16-3-1-2-15(14-16)19(24-9-12-26-13-10-24)20(25)23-17-4-6-18(7-5-17)27-11-8-22;/h1-7,14,19H,8-13,22H2,(H,23,25);1H. The van der Waals surface area contributed by atoms with Crippen LogP contribution in [0.2, 0.25) is 0 Å². The summed E-state index contributed by atoms with van der Waals surface area (Å²) in [6.45, 7) is 3.19. The molecule has 0 aromatic heterocycles. The van der Waals surface area contributed by atoms with Gasteiger partial charge in [-0.05, 0) is 42.0 Å². The number of hydrogen-bond acceptors (Lipinski definition) is 5. The largest absolute Gasteiger partial charge is 0.492 e. The Labute approximate surface area is 170 Å². The summed E-state index contributed by atoms with van der Waals surface area (Å²) in [4.78, 5) is 15.0. The maximum Gasteiger partial charge on any atom is 0.246 e. The highest BCUT2D eigenvalue weighted by Crippen LogP contribution is 2.25. The zero-order chi connectivity index (χ0) is 19.1. The number of halogens is 2. The van der Waals surface area contributed by atoms with E-state index in [0.29, 0.717) is 56.5 Å². The molecule has 28 heavy (non-hydrogen) atoms. The minimum atomic E-state index is -0.585. The van der Waals surface area contributed by atoms with Crippen molar-refractivity contribution in [1.82, 2.24) is 4.90 Å². The number of hydrogen-bond donors (Lipinski definition) is 2. The zero-order valence-electron chi connectivity index (χ0n) is 15.5. The Morgan fingerprint density at radius 3 is 2.57 bits per heavy atom. The molecule has 0 aliphatic carbocycles. The Kier molecular flexibility index (Phi) is 8.66. The van der Waals surface area contributed by atoms with Gasteiger partial charge in [-0.1, -0.05) is 12.1 Å². The summed E-state index contributed by atoms with van der Waals surface area (Å²) in [6.07, 6.45) is 0. The second-order valence-electron chi connectivity index (χ2n) is 6.26. The maximum absolute atomic E-state index is 13.7. The molecule has 8 heteroatoms. The first-order chi connectivity index (χ1) is 13.2. The van der Waals surface area contributed by atoms with Gasteiger partial charge in [-0.3, -0.25) is 9.69 Å². The first-order valence-corrected chi connectivity index (χ1v) is 8.98. The van der Waals surface area contributed by atoms with Crippen molar-refractivity contribution < 1.29 is 18.7 Å². The normalized spacial score (nSPS) is 15.4. The van der Waals surface area contributed by atoms with Crippen molar-refractivity contribution in [3.8, 4) is 5.75 Å². The molecule has 1 amide bonds. The number of benzene rings is 2. The van der Waals surface area contributed by atoms with Crippen LogP contribution in [0.4, 0.5) is 10.1 Å². The molecule has 1 aliphatic rings. The van der Waals surface area contributed by atoms with E-state index in [1.54, 1.807) is 36.4 Å². The van der Waals surface area contributed by atoms with Crippen molar-refractivity contribution in [2.24, 2.45) is 5.73 Å². The Balaban J connectivity index is 0.00000280. The number of anilines is 1. The van der Waals surface area contributed by atoms with Crippen molar-refractivity contribution in [1.29, 1.82) is 0 Å². The lowest BCUT2D eigenvalue weighted by Gasteiger charge is -2.33. The highest BCUT2D eigenvalue weighted by molar-refractivity contribution is 5.95. The van der Waals surface area contributed by atoms with Gasteiger partial charge in [0.15, 0.2) is 0 Å². The van der Waals surface area contributed by atoms with Gasteiger partial charge in [0.05, 0.1) is 13.2 Å². The number of nitrogens with one attached hydrogen (secondary N) is 1. The maximum atomic E-state index is 13.7. The number of ether oxygens (including phenoxy) is 2. The molecular formula is C20H25ClFN3O3. The van der Waals surface area contributed by atoms with Gasteiger partial charge in [-0.15, -0.1) is 12.4 Å². The van der Waals surface area contributed by atoms with Gasteiger partial charge in [0.1, 0.15) is 24.2 Å². The van der Waals surface area contributed by atoms with E-state index in [0.717, 1.165) is 0 Å². The smallest absolute Gasteiger partial charge is 0.246 e. The summed E-state index contributed by atoms with van der Waals surface area (Å²) in [5, 5.41) is 2.92. The molecule has 0 spiro atoms. The highest BCUT2D eigenvalue weighted by atomic mass is 35.5. The highest BCUT2D eigenvalue weighted by Gasteiger charge is 2.29. The summed E-state index contributed by atoms with van der Waals surface area (Å²) in [5.74, 6) is 0.117. The van der Waals surface area contributed by atoms with Crippen LogP contribution < -0.4 is 15.8 Å². The lowest BCUT2D eigenvalue weighted by Crippen LogP contribution is -2.43. The number of nitrogens with zero attached hydrogens (tertiary/aromatic N) is 1. The van der Waals surface area contributed by atoms with Crippen LogP contribution in [0, 0.1) is 5.82 Å². The number of rotatable bonds is 7. The van der Waals surface area contributed by atoms with E-state index in [2.05, 4.69) is 5.32 Å². The Hall–Kier alpha value is -2.19. The summed E-state index contributed by atoms with van der Waals surface area (Å²) in [6, 6.07) is 12.7. The van der Waals surface area contributed by atoms with Crippen molar-refractivity contribution in [2.75, 3.05) is 44.8 Å². The SMILES string of the molecule is Cl.NCCOc1ccc(NC(=O)C(c2cccc(F)c2)N2CCOCC2)cc1. The Bertz CT molecular complexity index is 755. The summed E-state index contributed by atoms with van der Waals surface area (Å²) < 4.78 is 24.6. The lowest BCUT2D eigenvalue weighted by atomic mass is 10.0. The van der Waals surface area contributed by atoms with E-state index < -0.39 is 6.04 Å². The Morgan fingerprint density at radius 1 is 1.21 bits per heavy atom. The topological polar surface area (TPSA) is 76.8 Å². The van der Waals surface area contributed by atoms with Crippen LogP contribution in [0.25, 0.3) is 0 Å². The van der Waals surface area contributed by atoms with Crippen molar-refractivity contribution in [3.63, 3.8) is 0 Å². The fourth-order valence-corrected chi connectivity index (χ4v) is 3.06. The van der Waals surface area contributed by atoms with Gasteiger partial charge in [0.25, 0.3) is 0 Å². The van der Waals surface area contributed by atoms with Gasteiger partial charge >= 0.3 is 0 Å². The van der Waals surface area contributed by atoms with Gasteiger partial charge < -0.3 is 20.5 Å². The van der Waals surface area contributed by atoms with E-state index in [9.17, 15) is 9.18 Å². The molecule has 1 fully saturated rings. The van der Waals surface area contributed by atoms with Crippen LogP contribution in [0.5, 0.6) is 5.75 Å². The molecule has 0 saturated carbocycles. The minimum Gasteiger partial charge on any atom is -0.492 e. The van der Waals surface area contributed by atoms with E-state index in [1.807, 2.05) is 4.90 Å². The molecule has 1 heterocycles. The van der Waals surface area contributed by atoms with Gasteiger partial charge in [-0.2, -0.15) is 0 Å². The first-order valence-electron chi connectivity index (χ1n) is 8.98. The minimum absolute atomic E-state index is 0. The summed E-state index contributed by atoms with van der Waals surface area (Å²) in [7, 11) is 0. The zero-order valence-corrected chi connectivity index (χ0v) is 16.3. The molecule has 3 rings (SSSR count). The molecule has 1 aliphatic heterocycles. The molecule has 1 atom stereocenters. The fourth-order valence-electron chi connectivity index (χ4n) is 3.06. The molecule has 1 saturated heterocycles. The molecule has 3 N–H and O–H groups in total. The van der Waals surface area contributed by atoms with Gasteiger partial charge in [0.2, 0.25) is 5.91 Å². The van der Waals surface area contributed by atoms with E-state index in [1.165, 1.54) is 12.1 Å². The average Bonchev–Trinajstić information content (AvgIpc) is 2.68. The number of morpholine rings is 1. The van der Waals surface area contributed by atoms with Crippen LogP contribution in [0.1, 0.15) is 11.6 Å². The monoisotopic (exact) mass is 409 g/mol. The predicted octanol–water partition coefficient (Wildman–Crippen LogP) is 2.60. The lowest BCUT2D eigenvalue weighted by molar-refractivity contribution is -0.123. The van der Waals surface area contributed by atoms with Crippen LogP contribution >= 0.6 is 12.4 Å². The first kappa shape index (κ1) is 22.1. The van der Waals surface area contributed by atoms with Crippen LogP contribution in [-0.2, 0) is 9.53 Å². The molecule has 6 nitrogen and oxygen atoms in total. The predicted molar refractivity (Wildman–Crippen MR) is 108 cm³/mol. The van der Waals surface area contributed by atoms with Crippen molar-refractivity contribution in [2.45, 2.75) is 6.04 Å². The quantitative estimate of drug-likeness (QED) is 0.735. The number of carbonyl (C=O) groups is 1. The van der Waals surface area contributed by atoms with Crippen LogP contribution in [0.15, 0.2) is 48.5 Å². The second kappa shape index (κ2) is 11.0. The van der Waals surface area contributed by atoms with Crippen molar-refractivity contribution in [3.05, 3.63) is 59.9 Å². The van der Waals surface area contributed by atoms with E-state index in [-0.39, 0.29) is 24.1 Å². The molecular weight excluding hydrogens is 385 g/mol. The molecule has 2 aromatic rings. The van der Waals surface area contributed by atoms with Crippen molar-refractivity contribution >= 4 is 24.0 Å². The van der Waals surface area contributed by atoms with E-state index >= 15 is 0 Å². The van der Waals surface area contributed by atoms with E-state index in [4.69, 9.17) is 15.2 Å². The third-order valence-electron chi connectivity index (χ3n) is 4.33. The van der Waals surface area contributed by atoms with Crippen LogP contribution in [-0.4, -0.2) is 50.3 Å². The molecule has 2 aromatic carbocycles. The molecule has 1 unspecified atom stereocenters. The third-order valence-corrected chi connectivity index (χ3v) is 4.33. The van der Waals surface area contributed by atoms with Gasteiger partial charge in [0, 0.05) is 25.3 Å². The van der Waals surface area contributed by atoms with Crippen LogP contribution in [0.3, 0.4) is 0 Å². The average molecular weight is 410 g/mol. The molecule has 152 valence electrons. The third kappa shape index (κ3) is 5.90. The number of amides is 1. The second-order valence-corrected chi connectivity index (χ2v) is 6.26. The fraction of sp³-hybridized carbons (Fsp3) is 0.350. The number of nitrogens with two attached hydrogens (primary N) is 1. The van der Waals surface area contributed by atoms with Gasteiger partial charge in [-0.25, -0.2) is 4.39 Å². The summed E-state index contributed by atoms with van der Waals surface area (Å²) >= 11 is 0. The Morgan fingerprint density at radius 2 is 1.93 bits per heavy atom. The molecule has 0 bridgehead atoms. The summed E-state index contributed by atoms with van der Waals surface area (Å²) in [5.41, 5.74) is 6.69. The number of carbonyl (C=O) groups excluding carboxylic acids is 1.